The van der Waals surface area contributed by atoms with Crippen molar-refractivity contribution in [2.24, 2.45) is 0 Å². The zero-order chi connectivity index (χ0) is 18.8. The molecule has 2 aromatic carbocycles. The lowest BCUT2D eigenvalue weighted by Crippen LogP contribution is -2.44. The lowest BCUT2D eigenvalue weighted by atomic mass is 10.3. The second-order valence-corrected chi connectivity index (χ2v) is 8.61. The Morgan fingerprint density at radius 2 is 1.23 bits per heavy atom. The molecule has 3 rings (SSSR count). The van der Waals surface area contributed by atoms with E-state index in [2.05, 4.69) is 0 Å². The van der Waals surface area contributed by atoms with Crippen LogP contribution in [0.2, 0.25) is 0 Å². The molecule has 0 aliphatic rings. The quantitative estimate of drug-likeness (QED) is 0.663. The number of hydrogen-bond acceptors (Lipinski definition) is 6. The summed E-state index contributed by atoms with van der Waals surface area (Å²) in [7, 11) is -7.87. The van der Waals surface area contributed by atoms with Crippen LogP contribution in [0.5, 0.6) is 11.5 Å². The molecule has 0 spiro atoms. The SMILES string of the molecule is O=S(=O)(c1ccc(O)cc1)c1ccc(OS(=O)(=O)[n+]2ccccc2)cc1. The number of aromatic hydroxyl groups is 1. The van der Waals surface area contributed by atoms with Crippen LogP contribution in [0.4, 0.5) is 0 Å². The van der Waals surface area contributed by atoms with Gasteiger partial charge in [0.15, 0.2) is 12.4 Å². The Kier molecular flexibility index (Phi) is 4.66. The van der Waals surface area contributed by atoms with Gasteiger partial charge in [-0.2, -0.15) is 0 Å². The molecule has 0 saturated carbocycles. The van der Waals surface area contributed by atoms with E-state index in [1.807, 2.05) is 0 Å². The van der Waals surface area contributed by atoms with Crippen molar-refractivity contribution in [3.05, 3.63) is 79.1 Å². The molecule has 9 heteroatoms. The Bertz CT molecular complexity index is 1110. The predicted molar refractivity (Wildman–Crippen MR) is 91.6 cm³/mol. The lowest BCUT2D eigenvalue weighted by molar-refractivity contribution is -0.518. The van der Waals surface area contributed by atoms with Crippen LogP contribution >= 0.6 is 0 Å². The van der Waals surface area contributed by atoms with Crippen molar-refractivity contribution in [2.75, 3.05) is 0 Å². The molecule has 0 radical (unpaired) electrons. The normalized spacial score (nSPS) is 11.8. The van der Waals surface area contributed by atoms with Crippen molar-refractivity contribution in [3.8, 4) is 11.5 Å². The molecule has 7 nitrogen and oxygen atoms in total. The molecule has 0 aliphatic carbocycles. The highest BCUT2D eigenvalue weighted by Crippen LogP contribution is 2.24. The van der Waals surface area contributed by atoms with E-state index in [1.54, 1.807) is 6.07 Å². The van der Waals surface area contributed by atoms with Crippen LogP contribution in [0, 0.1) is 0 Å². The van der Waals surface area contributed by atoms with Gasteiger partial charge in [0, 0.05) is 12.1 Å². The molecule has 0 aliphatic heterocycles. The molecule has 1 aromatic heterocycles. The van der Waals surface area contributed by atoms with Crippen LogP contribution < -0.4 is 8.16 Å². The number of rotatable bonds is 5. The average Bonchev–Trinajstić information content (AvgIpc) is 2.63. The largest absolute Gasteiger partial charge is 0.565 e. The summed E-state index contributed by atoms with van der Waals surface area (Å²) < 4.78 is 55.2. The number of sulfone groups is 1. The number of aromatic nitrogens is 1. The van der Waals surface area contributed by atoms with E-state index < -0.39 is 20.1 Å². The van der Waals surface area contributed by atoms with E-state index in [0.717, 1.165) is 3.97 Å². The molecular weight excluding hydrogens is 378 g/mol. The highest BCUT2D eigenvalue weighted by atomic mass is 32.2. The summed E-state index contributed by atoms with van der Waals surface area (Å²) in [5.41, 5.74) is 0. The molecule has 0 amide bonds. The summed E-state index contributed by atoms with van der Waals surface area (Å²) in [6.45, 7) is 0. The summed E-state index contributed by atoms with van der Waals surface area (Å²) in [6, 6.07) is 14.9. The predicted octanol–water partition coefficient (Wildman–Crippen LogP) is 1.68. The first-order valence-electron chi connectivity index (χ1n) is 7.34. The molecule has 26 heavy (non-hydrogen) atoms. The maximum absolute atomic E-state index is 12.5. The molecule has 134 valence electrons. The fourth-order valence-corrected chi connectivity index (χ4v) is 4.27. The minimum Gasteiger partial charge on any atom is -0.508 e. The highest BCUT2D eigenvalue weighted by Gasteiger charge is 2.25. The van der Waals surface area contributed by atoms with E-state index in [4.69, 9.17) is 4.18 Å². The molecule has 0 atom stereocenters. The molecule has 0 bridgehead atoms. The minimum atomic E-state index is -4.08. The molecule has 0 saturated heterocycles. The van der Waals surface area contributed by atoms with Gasteiger partial charge in [-0.1, -0.05) is 10.0 Å². The number of nitrogens with zero attached hydrogens (tertiary/aromatic N) is 1. The van der Waals surface area contributed by atoms with Gasteiger partial charge in [-0.05, 0) is 48.5 Å². The number of phenols is 1. The second-order valence-electron chi connectivity index (χ2n) is 5.22. The van der Waals surface area contributed by atoms with E-state index in [-0.39, 0.29) is 21.3 Å². The van der Waals surface area contributed by atoms with Crippen LogP contribution in [-0.2, 0) is 20.1 Å². The first-order chi connectivity index (χ1) is 12.3. The first-order valence-corrected chi connectivity index (χ1v) is 10.2. The monoisotopic (exact) mass is 392 g/mol. The van der Waals surface area contributed by atoms with Crippen molar-refractivity contribution >= 4 is 20.1 Å². The maximum atomic E-state index is 12.5. The zero-order valence-electron chi connectivity index (χ0n) is 13.3. The highest BCUT2D eigenvalue weighted by molar-refractivity contribution is 7.91. The standard InChI is InChI=1S/C17H13NO6S2/c19-14-4-8-16(9-5-14)25(20,21)17-10-6-15(7-11-17)24-26(22,23)18-12-2-1-3-13-18/h1-13H/p+1. The Hall–Kier alpha value is -2.91. The number of phenolic OH excluding ortho intramolecular Hbond substituents is 1. The minimum absolute atomic E-state index is 0.0106. The molecule has 1 N–H and O–H groups in total. The summed E-state index contributed by atoms with van der Waals surface area (Å²) >= 11 is 0. The first kappa shape index (κ1) is 17.9. The second kappa shape index (κ2) is 6.77. The molecular formula is C17H14NO6S2+. The number of hydrogen-bond donors (Lipinski definition) is 1. The Morgan fingerprint density at radius 3 is 1.77 bits per heavy atom. The third-order valence-corrected chi connectivity index (χ3v) is 6.38. The Labute approximate surface area is 150 Å². The van der Waals surface area contributed by atoms with E-state index in [0.29, 0.717) is 0 Å². The average molecular weight is 392 g/mol. The van der Waals surface area contributed by atoms with Crippen molar-refractivity contribution < 1.29 is 30.1 Å². The zero-order valence-corrected chi connectivity index (χ0v) is 14.9. The molecule has 3 aromatic rings. The van der Waals surface area contributed by atoms with Crippen molar-refractivity contribution in [1.29, 1.82) is 0 Å². The van der Waals surface area contributed by atoms with Crippen LogP contribution in [0.1, 0.15) is 0 Å². The smallest absolute Gasteiger partial charge is 0.508 e. The topological polar surface area (TPSA) is 102 Å². The van der Waals surface area contributed by atoms with Gasteiger partial charge in [0.25, 0.3) is 0 Å². The number of pyridine rings is 1. The van der Waals surface area contributed by atoms with Gasteiger partial charge in [-0.3, -0.25) is 0 Å². The van der Waals surface area contributed by atoms with E-state index >= 15 is 0 Å². The van der Waals surface area contributed by atoms with Crippen LogP contribution in [-0.4, -0.2) is 21.9 Å². The maximum Gasteiger partial charge on any atom is 0.565 e. The third kappa shape index (κ3) is 3.68. The van der Waals surface area contributed by atoms with Gasteiger partial charge in [-0.25, -0.2) is 8.42 Å². The van der Waals surface area contributed by atoms with Gasteiger partial charge in [0.1, 0.15) is 11.5 Å². The van der Waals surface area contributed by atoms with Gasteiger partial charge < -0.3 is 9.29 Å². The number of benzene rings is 2. The van der Waals surface area contributed by atoms with Gasteiger partial charge in [-0.15, -0.1) is 8.42 Å². The van der Waals surface area contributed by atoms with Crippen molar-refractivity contribution in [1.82, 2.24) is 0 Å². The fourth-order valence-electron chi connectivity index (χ4n) is 2.13. The van der Waals surface area contributed by atoms with Gasteiger partial charge in [0.05, 0.1) is 9.79 Å². The summed E-state index contributed by atoms with van der Waals surface area (Å²) in [4.78, 5) is -0.0169. The summed E-state index contributed by atoms with van der Waals surface area (Å²) in [6.07, 6.45) is 2.64. The van der Waals surface area contributed by atoms with Crippen LogP contribution in [0.3, 0.4) is 0 Å². The van der Waals surface area contributed by atoms with Crippen LogP contribution in [0.25, 0.3) is 0 Å². The van der Waals surface area contributed by atoms with Crippen LogP contribution in [0.15, 0.2) is 88.9 Å². The third-order valence-electron chi connectivity index (χ3n) is 3.43. The lowest BCUT2D eigenvalue weighted by Gasteiger charge is -2.06. The van der Waals surface area contributed by atoms with E-state index in [9.17, 15) is 21.9 Å². The fraction of sp³-hybridized carbons (Fsp3) is 0. The van der Waals surface area contributed by atoms with E-state index in [1.165, 1.54) is 73.1 Å². The molecule has 0 fully saturated rings. The summed E-state index contributed by atoms with van der Waals surface area (Å²) in [5, 5.41) is 9.26. The molecule has 1 heterocycles. The molecule has 0 unspecified atom stereocenters. The Balaban J connectivity index is 1.86. The van der Waals surface area contributed by atoms with Crippen molar-refractivity contribution in [2.45, 2.75) is 9.79 Å². The van der Waals surface area contributed by atoms with Gasteiger partial charge >= 0.3 is 10.3 Å². The Morgan fingerprint density at radius 1 is 0.731 bits per heavy atom. The summed E-state index contributed by atoms with van der Waals surface area (Å²) in [5.74, 6) is -0.0673. The van der Waals surface area contributed by atoms with Gasteiger partial charge in [0.2, 0.25) is 9.84 Å². The van der Waals surface area contributed by atoms with Crippen molar-refractivity contribution in [3.63, 3.8) is 0 Å².